The fourth-order valence-corrected chi connectivity index (χ4v) is 3.17. The van der Waals surface area contributed by atoms with Crippen LogP contribution in [0, 0.1) is 5.92 Å². The molecule has 2 fully saturated rings. The van der Waals surface area contributed by atoms with Crippen molar-refractivity contribution in [2.24, 2.45) is 5.92 Å². The van der Waals surface area contributed by atoms with Crippen LogP contribution in [0.2, 0.25) is 0 Å². The van der Waals surface area contributed by atoms with Crippen LogP contribution in [-0.4, -0.2) is 24.0 Å². The van der Waals surface area contributed by atoms with Crippen LogP contribution in [0.15, 0.2) is 33.1 Å². The Hall–Kier alpha value is -2.01. The fourth-order valence-electron chi connectivity index (χ4n) is 3.17. The van der Waals surface area contributed by atoms with Gasteiger partial charge in [-0.2, -0.15) is 0 Å². The summed E-state index contributed by atoms with van der Waals surface area (Å²) < 4.78 is 16.6. The Morgan fingerprint density at radius 3 is 2.62 bits per heavy atom. The summed E-state index contributed by atoms with van der Waals surface area (Å²) in [5.41, 5.74) is 0. The summed E-state index contributed by atoms with van der Waals surface area (Å²) in [4.78, 5) is 14.7. The van der Waals surface area contributed by atoms with Crippen LogP contribution < -0.4 is 0 Å². The Bertz CT molecular complexity index is 727. The van der Waals surface area contributed by atoms with E-state index in [0.29, 0.717) is 42.5 Å². The molecule has 0 spiro atoms. The molecule has 0 N–H and O–H groups in total. The van der Waals surface area contributed by atoms with Crippen molar-refractivity contribution in [1.29, 1.82) is 0 Å². The number of hydrogen-bond donors (Lipinski definition) is 0. The first-order chi connectivity index (χ1) is 11.7. The zero-order valence-electron chi connectivity index (χ0n) is 14.2. The second-order valence-corrected chi connectivity index (χ2v) is 6.99. The smallest absolute Gasteiger partial charge is 0.290 e. The monoisotopic (exact) mass is 329 g/mol. The molecule has 0 saturated heterocycles. The van der Waals surface area contributed by atoms with Gasteiger partial charge in [0.15, 0.2) is 5.76 Å². The first-order valence-corrected chi connectivity index (χ1v) is 8.63. The molecule has 2 atom stereocenters. The summed E-state index contributed by atoms with van der Waals surface area (Å²) in [6.07, 6.45) is 3.29. The van der Waals surface area contributed by atoms with Gasteiger partial charge in [0.25, 0.3) is 5.91 Å². The van der Waals surface area contributed by atoms with E-state index >= 15 is 0 Å². The number of carbonyl (C=O) groups is 1. The molecule has 128 valence electrons. The van der Waals surface area contributed by atoms with E-state index in [-0.39, 0.29) is 5.91 Å². The molecule has 2 aliphatic carbocycles. The molecule has 2 heterocycles. The molecule has 2 unspecified atom stereocenters. The summed E-state index contributed by atoms with van der Waals surface area (Å²) >= 11 is 0. The predicted molar refractivity (Wildman–Crippen MR) is 87.5 cm³/mol. The molecule has 2 aromatic heterocycles. The number of amides is 1. The third-order valence-electron chi connectivity index (χ3n) is 4.89. The van der Waals surface area contributed by atoms with Gasteiger partial charge in [-0.25, -0.2) is 0 Å². The van der Waals surface area contributed by atoms with E-state index in [4.69, 9.17) is 13.6 Å². The number of nitrogens with zero attached hydrogens (tertiary/aromatic N) is 1. The van der Waals surface area contributed by atoms with Gasteiger partial charge in [-0.3, -0.25) is 4.79 Å². The molecule has 2 aliphatic rings. The van der Waals surface area contributed by atoms with E-state index in [0.717, 1.165) is 24.4 Å². The number of hydrogen-bond acceptors (Lipinski definition) is 4. The van der Waals surface area contributed by atoms with Crippen LogP contribution in [0.4, 0.5) is 0 Å². The molecule has 2 aromatic rings. The maximum Gasteiger partial charge on any atom is 0.290 e. The van der Waals surface area contributed by atoms with Gasteiger partial charge in [-0.1, -0.05) is 6.92 Å². The van der Waals surface area contributed by atoms with Crippen molar-refractivity contribution in [3.8, 4) is 0 Å². The SMILES string of the molecule is COCc1ccc(C(=O)N(Cc2ccc(C3CC3C)o2)C2CC2)o1. The third kappa shape index (κ3) is 3.13. The Morgan fingerprint density at radius 2 is 1.96 bits per heavy atom. The molecular weight excluding hydrogens is 306 g/mol. The molecule has 0 aliphatic heterocycles. The van der Waals surface area contributed by atoms with Crippen molar-refractivity contribution in [3.63, 3.8) is 0 Å². The lowest BCUT2D eigenvalue weighted by molar-refractivity contribution is 0.0677. The third-order valence-corrected chi connectivity index (χ3v) is 4.89. The van der Waals surface area contributed by atoms with Gasteiger partial charge in [0, 0.05) is 19.1 Å². The van der Waals surface area contributed by atoms with Crippen molar-refractivity contribution in [1.82, 2.24) is 4.90 Å². The fraction of sp³-hybridized carbons (Fsp3) is 0.526. The minimum atomic E-state index is -0.0717. The van der Waals surface area contributed by atoms with Gasteiger partial charge in [-0.15, -0.1) is 0 Å². The molecule has 24 heavy (non-hydrogen) atoms. The maximum absolute atomic E-state index is 12.8. The maximum atomic E-state index is 12.8. The minimum absolute atomic E-state index is 0.0717. The number of rotatable bonds is 7. The number of carbonyl (C=O) groups excluding carboxylic acids is 1. The minimum Gasteiger partial charge on any atom is -0.464 e. The summed E-state index contributed by atoms with van der Waals surface area (Å²) in [5, 5.41) is 0. The molecule has 4 rings (SSSR count). The highest BCUT2D eigenvalue weighted by Gasteiger charge is 2.38. The van der Waals surface area contributed by atoms with Crippen LogP contribution in [0.3, 0.4) is 0 Å². The van der Waals surface area contributed by atoms with Crippen LogP contribution in [0.25, 0.3) is 0 Å². The standard InChI is InChI=1S/C19H23NO4/c1-12-9-16(12)17-7-5-14(23-17)10-20(13-3-4-13)19(21)18-8-6-15(24-18)11-22-2/h5-8,12-13,16H,3-4,9-11H2,1-2H3. The van der Waals surface area contributed by atoms with Crippen molar-refractivity contribution in [2.75, 3.05) is 7.11 Å². The lowest BCUT2D eigenvalue weighted by Gasteiger charge is -2.20. The number of methoxy groups -OCH3 is 1. The first kappa shape index (κ1) is 15.5. The van der Waals surface area contributed by atoms with Crippen molar-refractivity contribution < 1.29 is 18.4 Å². The molecule has 0 radical (unpaired) electrons. The van der Waals surface area contributed by atoms with Crippen LogP contribution in [-0.2, 0) is 17.9 Å². The van der Waals surface area contributed by atoms with E-state index in [9.17, 15) is 4.79 Å². The molecule has 1 amide bonds. The average molecular weight is 329 g/mol. The summed E-state index contributed by atoms with van der Waals surface area (Å²) in [6, 6.07) is 7.87. The van der Waals surface area contributed by atoms with Gasteiger partial charge >= 0.3 is 0 Å². The van der Waals surface area contributed by atoms with Gasteiger partial charge in [0.2, 0.25) is 0 Å². The molecule has 2 saturated carbocycles. The highest BCUT2D eigenvalue weighted by atomic mass is 16.5. The summed E-state index contributed by atoms with van der Waals surface area (Å²) in [7, 11) is 1.61. The highest BCUT2D eigenvalue weighted by molar-refractivity contribution is 5.92. The summed E-state index contributed by atoms with van der Waals surface area (Å²) in [5.74, 6) is 4.15. The summed E-state index contributed by atoms with van der Waals surface area (Å²) in [6.45, 7) is 3.12. The second kappa shape index (κ2) is 6.13. The van der Waals surface area contributed by atoms with E-state index in [1.165, 1.54) is 6.42 Å². The van der Waals surface area contributed by atoms with E-state index < -0.39 is 0 Å². The molecule has 0 aromatic carbocycles. The van der Waals surface area contributed by atoms with Crippen LogP contribution >= 0.6 is 0 Å². The Labute approximate surface area is 141 Å². The quantitative estimate of drug-likeness (QED) is 0.772. The Kier molecular flexibility index (Phi) is 3.96. The van der Waals surface area contributed by atoms with Gasteiger partial charge in [0.1, 0.15) is 23.9 Å². The van der Waals surface area contributed by atoms with Gasteiger partial charge < -0.3 is 18.5 Å². The molecule has 0 bridgehead atoms. The second-order valence-electron chi connectivity index (χ2n) is 6.99. The lowest BCUT2D eigenvalue weighted by atomic mass is 10.3. The van der Waals surface area contributed by atoms with Crippen molar-refractivity contribution in [3.05, 3.63) is 47.3 Å². The van der Waals surface area contributed by atoms with Crippen molar-refractivity contribution in [2.45, 2.75) is 51.3 Å². The van der Waals surface area contributed by atoms with Gasteiger partial charge in [0.05, 0.1) is 6.54 Å². The highest BCUT2D eigenvalue weighted by Crippen LogP contribution is 2.47. The van der Waals surface area contributed by atoms with Crippen LogP contribution in [0.1, 0.15) is 59.9 Å². The Balaban J connectivity index is 1.47. The van der Waals surface area contributed by atoms with E-state index in [1.54, 1.807) is 19.2 Å². The molecule has 5 heteroatoms. The largest absolute Gasteiger partial charge is 0.464 e. The normalized spacial score (nSPS) is 22.6. The Morgan fingerprint density at radius 1 is 1.21 bits per heavy atom. The van der Waals surface area contributed by atoms with Crippen LogP contribution in [0.5, 0.6) is 0 Å². The predicted octanol–water partition coefficient (Wildman–Crippen LogP) is 3.95. The number of furan rings is 2. The zero-order chi connectivity index (χ0) is 16.7. The molecule has 5 nitrogen and oxygen atoms in total. The topological polar surface area (TPSA) is 55.8 Å². The van der Waals surface area contributed by atoms with Crippen molar-refractivity contribution >= 4 is 5.91 Å². The average Bonchev–Trinajstić information content (AvgIpc) is 3.44. The number of ether oxygens (including phenoxy) is 1. The molecular formula is C19H23NO4. The zero-order valence-corrected chi connectivity index (χ0v) is 14.2. The lowest BCUT2D eigenvalue weighted by Crippen LogP contribution is -2.32. The first-order valence-electron chi connectivity index (χ1n) is 8.63. The van der Waals surface area contributed by atoms with Gasteiger partial charge in [-0.05, 0) is 49.4 Å². The van der Waals surface area contributed by atoms with E-state index in [1.807, 2.05) is 11.0 Å². The van der Waals surface area contributed by atoms with E-state index in [2.05, 4.69) is 13.0 Å².